The number of nitro benzene ring substituents is 1. The van der Waals surface area contributed by atoms with Gasteiger partial charge in [0.2, 0.25) is 5.75 Å². The molecule has 1 heterocycles. The predicted octanol–water partition coefficient (Wildman–Crippen LogP) is 4.44. The highest BCUT2D eigenvalue weighted by molar-refractivity contribution is 6.32. The van der Waals surface area contributed by atoms with Crippen LogP contribution in [0.1, 0.15) is 49.4 Å². The maximum Gasteiger partial charge on any atom is 0.343 e. The Labute approximate surface area is 205 Å². The molecule has 0 aliphatic heterocycles. The summed E-state index contributed by atoms with van der Waals surface area (Å²) in [5.74, 6) is -0.306. The molecule has 0 bridgehead atoms. The Bertz CT molecular complexity index is 1360. The minimum Gasteiger partial charge on any atom is -0.474 e. The lowest BCUT2D eigenvalue weighted by molar-refractivity contribution is -0.385. The molecule has 1 aliphatic carbocycles. The second-order valence-corrected chi connectivity index (χ2v) is 8.56. The SMILES string of the molecule is COC(=O)COc1c(Cl)cc(C=Nn2c(C3CCCCC3)nc3ccccc3c2=O)cc1[N+](=O)[O-]. The van der Waals surface area contributed by atoms with Crippen molar-refractivity contribution in [1.82, 2.24) is 9.66 Å². The summed E-state index contributed by atoms with van der Waals surface area (Å²) in [5.41, 5.74) is 0.127. The van der Waals surface area contributed by atoms with Crippen LogP contribution < -0.4 is 10.3 Å². The Kier molecular flexibility index (Phi) is 7.40. The largest absolute Gasteiger partial charge is 0.474 e. The van der Waals surface area contributed by atoms with E-state index in [2.05, 4.69) is 9.84 Å². The highest BCUT2D eigenvalue weighted by atomic mass is 35.5. The van der Waals surface area contributed by atoms with Crippen LogP contribution >= 0.6 is 11.6 Å². The van der Waals surface area contributed by atoms with Gasteiger partial charge in [0.15, 0.2) is 6.61 Å². The van der Waals surface area contributed by atoms with Gasteiger partial charge in [-0.05, 0) is 31.0 Å². The number of hydrogen-bond donors (Lipinski definition) is 0. The Morgan fingerprint density at radius 2 is 2.03 bits per heavy atom. The lowest BCUT2D eigenvalue weighted by Crippen LogP contribution is -2.25. The van der Waals surface area contributed by atoms with Gasteiger partial charge in [0.05, 0.1) is 34.2 Å². The van der Waals surface area contributed by atoms with Crippen LogP contribution in [-0.4, -0.2) is 40.5 Å². The minimum absolute atomic E-state index is 0.0824. The Balaban J connectivity index is 1.76. The smallest absolute Gasteiger partial charge is 0.343 e. The predicted molar refractivity (Wildman–Crippen MR) is 130 cm³/mol. The minimum atomic E-state index is -0.709. The van der Waals surface area contributed by atoms with Gasteiger partial charge < -0.3 is 9.47 Å². The summed E-state index contributed by atoms with van der Waals surface area (Å²) < 4.78 is 11.0. The molecule has 0 saturated heterocycles. The van der Waals surface area contributed by atoms with Gasteiger partial charge in [0, 0.05) is 17.5 Å². The van der Waals surface area contributed by atoms with Gasteiger partial charge in [-0.3, -0.25) is 14.9 Å². The molecule has 1 aliphatic rings. The first-order valence-corrected chi connectivity index (χ1v) is 11.5. The van der Waals surface area contributed by atoms with Crippen molar-refractivity contribution in [3.8, 4) is 5.75 Å². The second kappa shape index (κ2) is 10.6. The molecule has 0 amide bonds. The quantitative estimate of drug-likeness (QED) is 0.204. The molecule has 11 heteroatoms. The topological polar surface area (TPSA) is 126 Å². The summed E-state index contributed by atoms with van der Waals surface area (Å²) >= 11 is 6.23. The van der Waals surface area contributed by atoms with Crippen LogP contribution in [0.5, 0.6) is 5.75 Å². The zero-order chi connectivity index (χ0) is 24.9. The molecule has 3 aromatic rings. The highest BCUT2D eigenvalue weighted by Gasteiger charge is 2.24. The maximum absolute atomic E-state index is 13.3. The fourth-order valence-corrected chi connectivity index (χ4v) is 4.42. The van der Waals surface area contributed by atoms with E-state index in [1.165, 1.54) is 30.1 Å². The van der Waals surface area contributed by atoms with Crippen molar-refractivity contribution < 1.29 is 19.2 Å². The molecule has 1 fully saturated rings. The van der Waals surface area contributed by atoms with Gasteiger partial charge in [-0.2, -0.15) is 9.78 Å². The number of halogens is 1. The molecule has 0 unspecified atom stereocenters. The van der Waals surface area contributed by atoms with Crippen LogP contribution in [0, 0.1) is 10.1 Å². The van der Waals surface area contributed by atoms with Gasteiger partial charge >= 0.3 is 11.7 Å². The van der Waals surface area contributed by atoms with E-state index in [1.807, 2.05) is 6.07 Å². The average molecular weight is 499 g/mol. The van der Waals surface area contributed by atoms with E-state index in [1.54, 1.807) is 18.2 Å². The van der Waals surface area contributed by atoms with Crippen molar-refractivity contribution >= 4 is 40.4 Å². The molecule has 2 aromatic carbocycles. The molecular weight excluding hydrogens is 476 g/mol. The first kappa shape index (κ1) is 24.3. The number of nitro groups is 1. The van der Waals surface area contributed by atoms with E-state index in [-0.39, 0.29) is 27.8 Å². The number of ether oxygens (including phenoxy) is 2. The zero-order valence-corrected chi connectivity index (χ0v) is 19.7. The molecule has 0 atom stereocenters. The van der Waals surface area contributed by atoms with Crippen LogP contribution in [0.25, 0.3) is 10.9 Å². The number of rotatable bonds is 7. The van der Waals surface area contributed by atoms with Crippen molar-refractivity contribution in [3.63, 3.8) is 0 Å². The summed E-state index contributed by atoms with van der Waals surface area (Å²) in [6, 6.07) is 9.70. The molecule has 1 aromatic heterocycles. The first-order valence-electron chi connectivity index (χ1n) is 11.1. The highest BCUT2D eigenvalue weighted by Crippen LogP contribution is 2.36. The van der Waals surface area contributed by atoms with E-state index in [4.69, 9.17) is 21.3 Å². The monoisotopic (exact) mass is 498 g/mol. The number of para-hydroxylation sites is 1. The van der Waals surface area contributed by atoms with E-state index in [0.29, 0.717) is 16.7 Å². The van der Waals surface area contributed by atoms with Crippen molar-refractivity contribution in [2.75, 3.05) is 13.7 Å². The Hall–Kier alpha value is -3.79. The molecule has 182 valence electrons. The summed E-state index contributed by atoms with van der Waals surface area (Å²) in [7, 11) is 1.17. The average Bonchev–Trinajstić information content (AvgIpc) is 2.87. The number of aromatic nitrogens is 2. The number of benzene rings is 2. The lowest BCUT2D eigenvalue weighted by Gasteiger charge is -2.22. The standard InChI is InChI=1S/C24H23ClN4O6/c1-34-21(30)14-35-22-18(25)11-15(12-20(22)29(32)33)13-26-28-23(16-7-3-2-4-8-16)27-19-10-6-5-9-17(19)24(28)31/h5-6,9-13,16H,2-4,7-8,14H2,1H3. The second-order valence-electron chi connectivity index (χ2n) is 8.16. The molecule has 0 radical (unpaired) electrons. The van der Waals surface area contributed by atoms with Crippen molar-refractivity contribution in [1.29, 1.82) is 0 Å². The van der Waals surface area contributed by atoms with Crippen LogP contribution in [0.15, 0.2) is 46.3 Å². The number of fused-ring (bicyclic) bond motifs is 1. The number of carbonyl (C=O) groups is 1. The van der Waals surface area contributed by atoms with Crippen LogP contribution in [0.2, 0.25) is 5.02 Å². The van der Waals surface area contributed by atoms with E-state index < -0.39 is 23.2 Å². The Morgan fingerprint density at radius 1 is 1.29 bits per heavy atom. The van der Waals surface area contributed by atoms with Gasteiger partial charge in [-0.1, -0.05) is 43.0 Å². The van der Waals surface area contributed by atoms with Gasteiger partial charge in [-0.15, -0.1) is 0 Å². The molecular formula is C24H23ClN4O6. The first-order chi connectivity index (χ1) is 16.9. The van der Waals surface area contributed by atoms with Crippen LogP contribution in [0.3, 0.4) is 0 Å². The third-order valence-electron chi connectivity index (χ3n) is 5.88. The summed E-state index contributed by atoms with van der Waals surface area (Å²) in [4.78, 5) is 40.4. The van der Waals surface area contributed by atoms with Crippen molar-refractivity contribution in [2.24, 2.45) is 5.10 Å². The van der Waals surface area contributed by atoms with Gasteiger partial charge in [0.1, 0.15) is 5.82 Å². The molecule has 35 heavy (non-hydrogen) atoms. The molecule has 1 saturated carbocycles. The number of esters is 1. The van der Waals surface area contributed by atoms with E-state index >= 15 is 0 Å². The third kappa shape index (κ3) is 5.32. The molecule has 0 N–H and O–H groups in total. The summed E-state index contributed by atoms with van der Waals surface area (Å²) in [5, 5.41) is 16.3. The fourth-order valence-electron chi connectivity index (χ4n) is 4.14. The van der Waals surface area contributed by atoms with Crippen LogP contribution in [0.4, 0.5) is 5.69 Å². The van der Waals surface area contributed by atoms with E-state index in [9.17, 15) is 19.7 Å². The lowest BCUT2D eigenvalue weighted by atomic mass is 9.88. The maximum atomic E-state index is 13.3. The molecule has 4 rings (SSSR count). The Morgan fingerprint density at radius 3 is 2.74 bits per heavy atom. The van der Waals surface area contributed by atoms with Crippen molar-refractivity contribution in [2.45, 2.75) is 38.0 Å². The van der Waals surface area contributed by atoms with Gasteiger partial charge in [-0.25, -0.2) is 9.78 Å². The van der Waals surface area contributed by atoms with Gasteiger partial charge in [0.25, 0.3) is 5.56 Å². The normalized spacial score (nSPS) is 14.3. The number of hydrogen-bond acceptors (Lipinski definition) is 8. The van der Waals surface area contributed by atoms with Crippen LogP contribution in [-0.2, 0) is 9.53 Å². The zero-order valence-electron chi connectivity index (χ0n) is 19.0. The molecule has 10 nitrogen and oxygen atoms in total. The number of nitrogens with zero attached hydrogens (tertiary/aromatic N) is 4. The summed E-state index contributed by atoms with van der Waals surface area (Å²) in [6.45, 7) is -0.534. The van der Waals surface area contributed by atoms with E-state index in [0.717, 1.165) is 32.1 Å². The van der Waals surface area contributed by atoms with Crippen molar-refractivity contribution in [3.05, 3.63) is 73.3 Å². The fraction of sp³-hybridized carbons (Fsp3) is 0.333. The summed E-state index contributed by atoms with van der Waals surface area (Å²) in [6.07, 6.45) is 6.38. The third-order valence-corrected chi connectivity index (χ3v) is 6.16. The number of carbonyl (C=O) groups excluding carboxylic acids is 1. The number of methoxy groups -OCH3 is 1. The molecule has 0 spiro atoms.